The van der Waals surface area contributed by atoms with Gasteiger partial charge in [0.15, 0.2) is 0 Å². The molecule has 1 aromatic heterocycles. The molecule has 2 rings (SSSR count). The lowest BCUT2D eigenvalue weighted by molar-refractivity contribution is -0.111. The molecule has 1 amide bonds. The maximum absolute atomic E-state index is 12.5. The summed E-state index contributed by atoms with van der Waals surface area (Å²) in [4.78, 5) is 25.5. The molecule has 1 aromatic carbocycles. The normalized spacial score (nSPS) is 10.2. The number of hydrogen-bond donors (Lipinski definition) is 1. The zero-order valence-corrected chi connectivity index (χ0v) is 15.1. The molecule has 126 valence electrons. The molecular weight excluding hydrogens is 322 g/mol. The Morgan fingerprint density at radius 1 is 1.21 bits per heavy atom. The number of allylic oxidation sites excluding steroid dienone is 1. The SMILES string of the molecule is CCOC(=O)c1c(NC(=O)C=C(C)C)sc(C)c1-c1ccccc1. The first kappa shape index (κ1) is 17.9. The quantitative estimate of drug-likeness (QED) is 0.626. The summed E-state index contributed by atoms with van der Waals surface area (Å²) < 4.78 is 5.21. The Hall–Kier alpha value is -2.40. The van der Waals surface area contributed by atoms with Gasteiger partial charge in [0.25, 0.3) is 0 Å². The number of aryl methyl sites for hydroxylation is 1. The molecular formula is C19H21NO3S. The molecule has 0 spiro atoms. The monoisotopic (exact) mass is 343 g/mol. The summed E-state index contributed by atoms with van der Waals surface area (Å²) in [5, 5.41) is 3.34. The summed E-state index contributed by atoms with van der Waals surface area (Å²) in [6, 6.07) is 9.65. The van der Waals surface area contributed by atoms with Gasteiger partial charge in [0.2, 0.25) is 5.91 Å². The second-order valence-corrected chi connectivity index (χ2v) is 6.76. The molecule has 5 heteroatoms. The minimum atomic E-state index is -0.423. The standard InChI is InChI=1S/C19H21NO3S/c1-5-23-19(22)17-16(14-9-7-6-8-10-14)13(4)24-18(17)20-15(21)11-12(2)3/h6-11H,5H2,1-4H3,(H,20,21). The molecule has 24 heavy (non-hydrogen) atoms. The van der Waals surface area contributed by atoms with E-state index in [4.69, 9.17) is 4.74 Å². The van der Waals surface area contributed by atoms with Crippen molar-refractivity contribution in [2.45, 2.75) is 27.7 Å². The number of benzene rings is 1. The molecule has 0 saturated carbocycles. The fourth-order valence-electron chi connectivity index (χ4n) is 2.39. The van der Waals surface area contributed by atoms with Crippen LogP contribution in [0.1, 0.15) is 36.0 Å². The van der Waals surface area contributed by atoms with Gasteiger partial charge in [0.05, 0.1) is 6.61 Å². The van der Waals surface area contributed by atoms with E-state index in [-0.39, 0.29) is 12.5 Å². The van der Waals surface area contributed by atoms with Gasteiger partial charge in [-0.15, -0.1) is 11.3 Å². The number of carbonyl (C=O) groups is 2. The van der Waals surface area contributed by atoms with Gasteiger partial charge in [0.1, 0.15) is 10.6 Å². The molecule has 1 heterocycles. The predicted molar refractivity (Wildman–Crippen MR) is 98.5 cm³/mol. The lowest BCUT2D eigenvalue weighted by Crippen LogP contribution is -2.13. The van der Waals surface area contributed by atoms with Crippen LogP contribution >= 0.6 is 11.3 Å². The van der Waals surface area contributed by atoms with Crippen molar-refractivity contribution in [2.75, 3.05) is 11.9 Å². The van der Waals surface area contributed by atoms with Gasteiger partial charge >= 0.3 is 5.97 Å². The van der Waals surface area contributed by atoms with Gasteiger partial charge in [-0.05, 0) is 33.3 Å². The van der Waals surface area contributed by atoms with Gasteiger partial charge in [-0.1, -0.05) is 35.9 Å². The van der Waals surface area contributed by atoms with E-state index in [1.165, 1.54) is 17.4 Å². The zero-order chi connectivity index (χ0) is 17.7. The molecule has 0 saturated heterocycles. The molecule has 0 bridgehead atoms. The maximum atomic E-state index is 12.5. The van der Waals surface area contributed by atoms with E-state index in [9.17, 15) is 9.59 Å². The maximum Gasteiger partial charge on any atom is 0.341 e. The van der Waals surface area contributed by atoms with E-state index < -0.39 is 5.97 Å². The molecule has 0 atom stereocenters. The Bertz CT molecular complexity index is 771. The van der Waals surface area contributed by atoms with Gasteiger partial charge in [-0.25, -0.2) is 4.79 Å². The highest BCUT2D eigenvalue weighted by Gasteiger charge is 2.25. The van der Waals surface area contributed by atoms with Crippen molar-refractivity contribution in [1.29, 1.82) is 0 Å². The Labute approximate surface area is 146 Å². The van der Waals surface area contributed by atoms with Crippen LogP contribution < -0.4 is 5.32 Å². The fraction of sp³-hybridized carbons (Fsp3) is 0.263. The van der Waals surface area contributed by atoms with Crippen molar-refractivity contribution < 1.29 is 14.3 Å². The molecule has 1 N–H and O–H groups in total. The van der Waals surface area contributed by atoms with Crippen LogP contribution in [0.2, 0.25) is 0 Å². The molecule has 0 aliphatic heterocycles. The first-order chi connectivity index (χ1) is 11.4. The Morgan fingerprint density at radius 3 is 2.46 bits per heavy atom. The van der Waals surface area contributed by atoms with Crippen LogP contribution in [-0.4, -0.2) is 18.5 Å². The summed E-state index contributed by atoms with van der Waals surface area (Å²) in [7, 11) is 0. The van der Waals surface area contributed by atoms with Gasteiger partial charge in [-0.3, -0.25) is 4.79 Å². The third-order valence-corrected chi connectivity index (χ3v) is 4.30. The van der Waals surface area contributed by atoms with E-state index in [0.717, 1.165) is 21.6 Å². The number of ether oxygens (including phenoxy) is 1. The van der Waals surface area contributed by atoms with Crippen LogP contribution in [0, 0.1) is 6.92 Å². The van der Waals surface area contributed by atoms with Crippen LogP contribution in [0.15, 0.2) is 42.0 Å². The molecule has 0 aliphatic rings. The average Bonchev–Trinajstić information content (AvgIpc) is 2.83. The van der Waals surface area contributed by atoms with Gasteiger partial charge < -0.3 is 10.1 Å². The largest absolute Gasteiger partial charge is 0.462 e. The number of carbonyl (C=O) groups excluding carboxylic acids is 2. The lowest BCUT2D eigenvalue weighted by atomic mass is 10.0. The second-order valence-electron chi connectivity index (χ2n) is 5.53. The zero-order valence-electron chi connectivity index (χ0n) is 14.3. The molecule has 4 nitrogen and oxygen atoms in total. The first-order valence-corrected chi connectivity index (χ1v) is 8.57. The van der Waals surface area contributed by atoms with E-state index in [1.807, 2.05) is 51.1 Å². The number of amides is 1. The molecule has 0 aliphatic carbocycles. The number of hydrogen-bond acceptors (Lipinski definition) is 4. The third kappa shape index (κ3) is 4.11. The summed E-state index contributed by atoms with van der Waals surface area (Å²) >= 11 is 1.38. The van der Waals surface area contributed by atoms with Crippen LogP contribution in [-0.2, 0) is 9.53 Å². The van der Waals surface area contributed by atoms with Crippen molar-refractivity contribution in [3.05, 3.63) is 52.4 Å². The van der Waals surface area contributed by atoms with Crippen molar-refractivity contribution >= 4 is 28.2 Å². The highest BCUT2D eigenvalue weighted by atomic mass is 32.1. The summed E-state index contributed by atoms with van der Waals surface area (Å²) in [5.41, 5.74) is 3.05. The van der Waals surface area contributed by atoms with E-state index in [2.05, 4.69) is 5.32 Å². The van der Waals surface area contributed by atoms with E-state index in [1.54, 1.807) is 6.92 Å². The van der Waals surface area contributed by atoms with Crippen molar-refractivity contribution in [2.24, 2.45) is 0 Å². The van der Waals surface area contributed by atoms with Gasteiger partial charge in [-0.2, -0.15) is 0 Å². The van der Waals surface area contributed by atoms with Crippen molar-refractivity contribution in [3.8, 4) is 11.1 Å². The Kier molecular flexibility index (Phi) is 5.93. The minimum Gasteiger partial charge on any atom is -0.462 e. The highest BCUT2D eigenvalue weighted by Crippen LogP contribution is 2.40. The predicted octanol–water partition coefficient (Wildman–Crippen LogP) is 4.80. The number of rotatable bonds is 5. The number of nitrogens with one attached hydrogen (secondary N) is 1. The summed E-state index contributed by atoms with van der Waals surface area (Å²) in [6.45, 7) is 7.68. The van der Waals surface area contributed by atoms with Gasteiger partial charge in [0, 0.05) is 16.5 Å². The summed E-state index contributed by atoms with van der Waals surface area (Å²) in [6.07, 6.45) is 1.51. The van der Waals surface area contributed by atoms with Crippen LogP contribution in [0.4, 0.5) is 5.00 Å². The Balaban J connectivity index is 2.54. The third-order valence-electron chi connectivity index (χ3n) is 3.28. The highest BCUT2D eigenvalue weighted by molar-refractivity contribution is 7.17. The Morgan fingerprint density at radius 2 is 1.88 bits per heavy atom. The first-order valence-electron chi connectivity index (χ1n) is 7.75. The molecule has 0 fully saturated rings. The van der Waals surface area contributed by atoms with Crippen LogP contribution in [0.5, 0.6) is 0 Å². The second kappa shape index (κ2) is 7.93. The minimum absolute atomic E-state index is 0.249. The topological polar surface area (TPSA) is 55.4 Å². The lowest BCUT2D eigenvalue weighted by Gasteiger charge is -2.08. The number of thiophene rings is 1. The van der Waals surface area contributed by atoms with E-state index in [0.29, 0.717) is 10.6 Å². The number of anilines is 1. The van der Waals surface area contributed by atoms with Crippen LogP contribution in [0.25, 0.3) is 11.1 Å². The molecule has 0 radical (unpaired) electrons. The average molecular weight is 343 g/mol. The fourth-order valence-corrected chi connectivity index (χ4v) is 3.46. The van der Waals surface area contributed by atoms with Crippen molar-refractivity contribution in [1.82, 2.24) is 0 Å². The van der Waals surface area contributed by atoms with Crippen molar-refractivity contribution in [3.63, 3.8) is 0 Å². The molecule has 0 unspecified atom stereocenters. The smallest absolute Gasteiger partial charge is 0.341 e. The molecule has 2 aromatic rings. The summed E-state index contributed by atoms with van der Waals surface area (Å²) in [5.74, 6) is -0.672. The number of esters is 1. The van der Waals surface area contributed by atoms with Crippen LogP contribution in [0.3, 0.4) is 0 Å². The van der Waals surface area contributed by atoms with E-state index >= 15 is 0 Å².